The second-order valence-electron chi connectivity index (χ2n) is 4.48. The molecule has 0 aromatic carbocycles. The van der Waals surface area contributed by atoms with Crippen molar-refractivity contribution in [2.45, 2.75) is 13.0 Å². The lowest BCUT2D eigenvalue weighted by molar-refractivity contribution is 0.564. The zero-order chi connectivity index (χ0) is 13.9. The van der Waals surface area contributed by atoms with Crippen molar-refractivity contribution in [1.29, 1.82) is 0 Å². The summed E-state index contributed by atoms with van der Waals surface area (Å²) in [7, 11) is 1.97. The molecule has 0 N–H and O–H groups in total. The van der Waals surface area contributed by atoms with Gasteiger partial charge < -0.3 is 4.90 Å². The SMILES string of the molecule is CC(c1ccncc1)n1ccc(N(C)c2nccs2)n1. The number of pyridine rings is 1. The third-order valence-electron chi connectivity index (χ3n) is 3.23. The van der Waals surface area contributed by atoms with Crippen molar-refractivity contribution in [1.82, 2.24) is 19.7 Å². The largest absolute Gasteiger partial charge is 0.304 e. The van der Waals surface area contributed by atoms with E-state index in [0.717, 1.165) is 10.9 Å². The van der Waals surface area contributed by atoms with E-state index in [1.54, 1.807) is 29.9 Å². The van der Waals surface area contributed by atoms with Gasteiger partial charge in [0.25, 0.3) is 0 Å². The summed E-state index contributed by atoms with van der Waals surface area (Å²) in [6, 6.07) is 6.20. The zero-order valence-electron chi connectivity index (χ0n) is 11.3. The van der Waals surface area contributed by atoms with E-state index < -0.39 is 0 Å². The van der Waals surface area contributed by atoms with E-state index in [4.69, 9.17) is 0 Å². The molecule has 1 atom stereocenters. The van der Waals surface area contributed by atoms with Crippen molar-refractivity contribution >= 4 is 22.3 Å². The highest BCUT2D eigenvalue weighted by Gasteiger charge is 2.13. The highest BCUT2D eigenvalue weighted by molar-refractivity contribution is 7.13. The predicted octanol–water partition coefficient (Wildman–Crippen LogP) is 3.11. The number of hydrogen-bond donors (Lipinski definition) is 0. The highest BCUT2D eigenvalue weighted by atomic mass is 32.1. The molecule has 5 nitrogen and oxygen atoms in total. The van der Waals surface area contributed by atoms with Gasteiger partial charge in [-0.25, -0.2) is 4.98 Å². The van der Waals surface area contributed by atoms with Crippen molar-refractivity contribution in [3.05, 3.63) is 53.9 Å². The van der Waals surface area contributed by atoms with Crippen LogP contribution in [0, 0.1) is 0 Å². The summed E-state index contributed by atoms with van der Waals surface area (Å²) in [6.45, 7) is 2.12. The number of nitrogens with zero attached hydrogens (tertiary/aromatic N) is 5. The molecule has 20 heavy (non-hydrogen) atoms. The fourth-order valence-corrected chi connectivity index (χ4v) is 2.61. The van der Waals surface area contributed by atoms with E-state index in [0.29, 0.717) is 0 Å². The Kier molecular flexibility index (Phi) is 3.47. The van der Waals surface area contributed by atoms with Crippen LogP contribution in [-0.2, 0) is 0 Å². The Morgan fingerprint density at radius 1 is 1.20 bits per heavy atom. The lowest BCUT2D eigenvalue weighted by Crippen LogP contribution is -2.12. The maximum atomic E-state index is 4.63. The molecule has 0 aliphatic carbocycles. The molecule has 0 aliphatic heterocycles. The molecule has 0 bridgehead atoms. The first kappa shape index (κ1) is 12.8. The normalized spacial score (nSPS) is 12.3. The van der Waals surface area contributed by atoms with Crippen LogP contribution in [0.25, 0.3) is 0 Å². The maximum absolute atomic E-state index is 4.63. The van der Waals surface area contributed by atoms with Crippen LogP contribution in [0.5, 0.6) is 0 Å². The van der Waals surface area contributed by atoms with Gasteiger partial charge in [-0.1, -0.05) is 0 Å². The number of aromatic nitrogens is 4. The first-order chi connectivity index (χ1) is 9.75. The minimum absolute atomic E-state index is 0.177. The second-order valence-corrected chi connectivity index (χ2v) is 5.36. The van der Waals surface area contributed by atoms with Crippen molar-refractivity contribution in [2.24, 2.45) is 0 Å². The average molecular weight is 285 g/mol. The number of hydrogen-bond acceptors (Lipinski definition) is 5. The van der Waals surface area contributed by atoms with E-state index >= 15 is 0 Å². The fraction of sp³-hybridized carbons (Fsp3) is 0.214. The molecule has 0 aliphatic rings. The Morgan fingerprint density at radius 3 is 2.70 bits per heavy atom. The van der Waals surface area contributed by atoms with Crippen LogP contribution in [0.4, 0.5) is 10.9 Å². The molecule has 3 rings (SSSR count). The van der Waals surface area contributed by atoms with Crippen LogP contribution in [0.15, 0.2) is 48.4 Å². The van der Waals surface area contributed by atoms with Gasteiger partial charge in [-0.3, -0.25) is 9.67 Å². The standard InChI is InChI=1S/C14H15N5S/c1-11(12-3-6-15-7-4-12)19-9-5-13(17-19)18(2)14-16-8-10-20-14/h3-11H,1-2H3. The quantitative estimate of drug-likeness (QED) is 0.739. The predicted molar refractivity (Wildman–Crippen MR) is 80.5 cm³/mol. The van der Waals surface area contributed by atoms with Crippen LogP contribution in [0.2, 0.25) is 0 Å². The van der Waals surface area contributed by atoms with Gasteiger partial charge in [-0.2, -0.15) is 5.10 Å². The summed E-state index contributed by atoms with van der Waals surface area (Å²) < 4.78 is 1.95. The van der Waals surface area contributed by atoms with E-state index in [1.165, 1.54) is 5.56 Å². The van der Waals surface area contributed by atoms with E-state index in [-0.39, 0.29) is 6.04 Å². The van der Waals surface area contributed by atoms with Crippen LogP contribution in [0.3, 0.4) is 0 Å². The Bertz CT molecular complexity index is 662. The molecular weight excluding hydrogens is 270 g/mol. The van der Waals surface area contributed by atoms with Gasteiger partial charge in [0.05, 0.1) is 6.04 Å². The number of anilines is 2. The molecule has 0 spiro atoms. The Hall–Kier alpha value is -2.21. The lowest BCUT2D eigenvalue weighted by atomic mass is 10.1. The fourth-order valence-electron chi connectivity index (χ4n) is 2.00. The van der Waals surface area contributed by atoms with Crippen molar-refractivity contribution in [3.63, 3.8) is 0 Å². The summed E-state index contributed by atoms with van der Waals surface area (Å²) in [5.41, 5.74) is 1.19. The molecule has 6 heteroatoms. The topological polar surface area (TPSA) is 46.8 Å². The van der Waals surface area contributed by atoms with Gasteiger partial charge in [0, 0.05) is 43.3 Å². The van der Waals surface area contributed by atoms with Gasteiger partial charge in [0.15, 0.2) is 10.9 Å². The van der Waals surface area contributed by atoms with Crippen molar-refractivity contribution in [2.75, 3.05) is 11.9 Å². The van der Waals surface area contributed by atoms with Gasteiger partial charge >= 0.3 is 0 Å². The van der Waals surface area contributed by atoms with Crippen LogP contribution in [-0.4, -0.2) is 26.8 Å². The van der Waals surface area contributed by atoms with Crippen LogP contribution in [0.1, 0.15) is 18.5 Å². The van der Waals surface area contributed by atoms with E-state index in [9.17, 15) is 0 Å². The van der Waals surface area contributed by atoms with Gasteiger partial charge in [0.1, 0.15) is 0 Å². The minimum Gasteiger partial charge on any atom is -0.304 e. The summed E-state index contributed by atoms with van der Waals surface area (Å²) in [5, 5.41) is 7.53. The smallest absolute Gasteiger partial charge is 0.190 e. The summed E-state index contributed by atoms with van der Waals surface area (Å²) in [5.74, 6) is 0.890. The van der Waals surface area contributed by atoms with Crippen LogP contribution >= 0.6 is 11.3 Å². The van der Waals surface area contributed by atoms with Crippen molar-refractivity contribution < 1.29 is 0 Å². The molecule has 3 aromatic rings. The summed E-state index contributed by atoms with van der Waals surface area (Å²) >= 11 is 1.60. The second kappa shape index (κ2) is 5.42. The Labute approximate surface area is 121 Å². The summed E-state index contributed by atoms with van der Waals surface area (Å²) in [4.78, 5) is 10.3. The maximum Gasteiger partial charge on any atom is 0.190 e. The van der Waals surface area contributed by atoms with Gasteiger partial charge in [-0.05, 0) is 24.6 Å². The molecule has 0 radical (unpaired) electrons. The lowest BCUT2D eigenvalue weighted by Gasteiger charge is -2.14. The molecule has 0 saturated heterocycles. The molecular formula is C14H15N5S. The first-order valence-corrected chi connectivity index (χ1v) is 7.22. The highest BCUT2D eigenvalue weighted by Crippen LogP contribution is 2.25. The molecule has 0 amide bonds. The Morgan fingerprint density at radius 2 is 2.00 bits per heavy atom. The van der Waals surface area contributed by atoms with Crippen LogP contribution < -0.4 is 4.90 Å². The number of rotatable bonds is 4. The average Bonchev–Trinajstić information content (AvgIpc) is 3.18. The third kappa shape index (κ3) is 2.42. The molecule has 0 fully saturated rings. The van der Waals surface area contributed by atoms with Crippen molar-refractivity contribution in [3.8, 4) is 0 Å². The van der Waals surface area contributed by atoms with E-state index in [1.807, 2.05) is 46.4 Å². The minimum atomic E-state index is 0.177. The van der Waals surface area contributed by atoms with Gasteiger partial charge in [-0.15, -0.1) is 11.3 Å². The Balaban J connectivity index is 1.84. The molecule has 3 heterocycles. The zero-order valence-corrected chi connectivity index (χ0v) is 12.2. The summed E-state index contributed by atoms with van der Waals surface area (Å²) in [6.07, 6.45) is 7.40. The third-order valence-corrected chi connectivity index (χ3v) is 4.08. The van der Waals surface area contributed by atoms with E-state index in [2.05, 4.69) is 22.0 Å². The monoisotopic (exact) mass is 285 g/mol. The first-order valence-electron chi connectivity index (χ1n) is 6.34. The molecule has 102 valence electrons. The van der Waals surface area contributed by atoms with Gasteiger partial charge in [0.2, 0.25) is 0 Å². The molecule has 3 aromatic heterocycles. The molecule has 0 saturated carbocycles. The number of thiazole rings is 1. The molecule has 1 unspecified atom stereocenters.